The zero-order valence-electron chi connectivity index (χ0n) is 16.3. The Bertz CT molecular complexity index is 960. The minimum absolute atomic E-state index is 0.135. The Morgan fingerprint density at radius 2 is 1.90 bits per heavy atom. The van der Waals surface area contributed by atoms with Crippen LogP contribution in [0.25, 0.3) is 0 Å². The van der Waals surface area contributed by atoms with Crippen LogP contribution in [0.4, 0.5) is 9.18 Å². The molecule has 1 unspecified atom stereocenters. The number of benzene rings is 2. The fourth-order valence-corrected chi connectivity index (χ4v) is 2.91. The van der Waals surface area contributed by atoms with Gasteiger partial charge in [0.2, 0.25) is 0 Å². The second-order valence-electron chi connectivity index (χ2n) is 6.25. The summed E-state index contributed by atoms with van der Waals surface area (Å²) in [7, 11) is 3.43. The molecule has 0 saturated heterocycles. The number of nitrogens with one attached hydrogen (secondary N) is 2. The lowest BCUT2D eigenvalue weighted by molar-refractivity contribution is 0.233. The van der Waals surface area contributed by atoms with Crippen LogP contribution in [-0.4, -0.2) is 35.8 Å². The first-order chi connectivity index (χ1) is 14.1. The lowest BCUT2D eigenvalue weighted by Crippen LogP contribution is -2.40. The van der Waals surface area contributed by atoms with Crippen LogP contribution in [0.15, 0.2) is 60.9 Å². The summed E-state index contributed by atoms with van der Waals surface area (Å²) < 4.78 is 26.2. The van der Waals surface area contributed by atoms with Gasteiger partial charge in [0.1, 0.15) is 24.2 Å². The molecule has 1 heterocycles. The van der Waals surface area contributed by atoms with Crippen LogP contribution in [0.2, 0.25) is 0 Å². The van der Waals surface area contributed by atoms with Crippen LogP contribution in [0.3, 0.4) is 0 Å². The number of hydrogen-bond acceptors (Lipinski definition) is 4. The minimum atomic E-state index is -0.515. The normalized spacial score (nSPS) is 11.6. The molecule has 0 bridgehead atoms. The van der Waals surface area contributed by atoms with Gasteiger partial charge < -0.3 is 24.7 Å². The van der Waals surface area contributed by atoms with Crippen LogP contribution in [0.5, 0.6) is 11.5 Å². The Kier molecular flexibility index (Phi) is 6.67. The highest BCUT2D eigenvalue weighted by Crippen LogP contribution is 2.28. The van der Waals surface area contributed by atoms with Crippen LogP contribution < -0.4 is 20.1 Å². The summed E-state index contributed by atoms with van der Waals surface area (Å²) in [5.74, 6) is 1.01. The number of aromatic nitrogens is 2. The number of amides is 2. The van der Waals surface area contributed by atoms with Crippen molar-refractivity contribution < 1.29 is 18.7 Å². The van der Waals surface area contributed by atoms with Gasteiger partial charge in [-0.05, 0) is 18.2 Å². The Morgan fingerprint density at radius 1 is 1.17 bits per heavy atom. The van der Waals surface area contributed by atoms with Crippen molar-refractivity contribution in [1.29, 1.82) is 0 Å². The van der Waals surface area contributed by atoms with Crippen molar-refractivity contribution >= 4 is 6.03 Å². The number of ether oxygens (including phenoxy) is 2. The van der Waals surface area contributed by atoms with E-state index in [4.69, 9.17) is 9.47 Å². The van der Waals surface area contributed by atoms with Gasteiger partial charge in [-0.2, -0.15) is 0 Å². The number of methoxy groups -OCH3 is 1. The lowest BCUT2D eigenvalue weighted by Gasteiger charge is -2.21. The van der Waals surface area contributed by atoms with Crippen molar-refractivity contribution in [3.05, 3.63) is 78.1 Å². The first-order valence-electron chi connectivity index (χ1n) is 9.12. The summed E-state index contributed by atoms with van der Waals surface area (Å²) in [5.41, 5.74) is 0.780. The molecule has 2 N–H and O–H groups in total. The molecule has 1 atom stereocenters. The molecule has 2 aromatic carbocycles. The van der Waals surface area contributed by atoms with Gasteiger partial charge in [0.25, 0.3) is 0 Å². The summed E-state index contributed by atoms with van der Waals surface area (Å²) in [6.07, 6.45) is 3.47. The fraction of sp³-hybridized carbons (Fsp3) is 0.238. The Hall–Kier alpha value is -3.55. The van der Waals surface area contributed by atoms with Gasteiger partial charge in [0.05, 0.1) is 13.7 Å². The molecule has 29 heavy (non-hydrogen) atoms. The number of halogens is 1. The van der Waals surface area contributed by atoms with Crippen LogP contribution in [-0.2, 0) is 7.05 Å². The summed E-state index contributed by atoms with van der Waals surface area (Å²) in [6, 6.07) is 12.6. The molecule has 0 spiro atoms. The van der Waals surface area contributed by atoms with Crippen molar-refractivity contribution in [2.24, 2.45) is 7.05 Å². The number of hydrogen-bond donors (Lipinski definition) is 2. The molecule has 0 aliphatic carbocycles. The number of nitrogens with zero attached hydrogens (tertiary/aromatic N) is 2. The molecule has 8 heteroatoms. The zero-order chi connectivity index (χ0) is 20.6. The molecular weight excluding hydrogens is 375 g/mol. The highest BCUT2D eigenvalue weighted by molar-refractivity contribution is 5.75. The van der Waals surface area contributed by atoms with Crippen molar-refractivity contribution in [2.45, 2.75) is 6.04 Å². The quantitative estimate of drug-likeness (QED) is 0.572. The third kappa shape index (κ3) is 5.04. The maximum absolute atomic E-state index is 13.6. The topological polar surface area (TPSA) is 77.4 Å². The summed E-state index contributed by atoms with van der Waals surface area (Å²) in [4.78, 5) is 16.8. The highest BCUT2D eigenvalue weighted by Gasteiger charge is 2.23. The number of aryl methyl sites for hydroxylation is 1. The van der Waals surface area contributed by atoms with Crippen LogP contribution in [0.1, 0.15) is 17.4 Å². The molecule has 3 aromatic rings. The summed E-state index contributed by atoms with van der Waals surface area (Å²) in [6.45, 7) is 0.343. The minimum Gasteiger partial charge on any atom is -0.496 e. The zero-order valence-corrected chi connectivity index (χ0v) is 16.3. The van der Waals surface area contributed by atoms with E-state index in [1.54, 1.807) is 31.6 Å². The summed E-state index contributed by atoms with van der Waals surface area (Å²) >= 11 is 0. The van der Waals surface area contributed by atoms with E-state index in [0.717, 1.165) is 5.56 Å². The van der Waals surface area contributed by atoms with Crippen molar-refractivity contribution in [2.75, 3.05) is 20.3 Å². The predicted molar refractivity (Wildman–Crippen MR) is 106 cm³/mol. The van der Waals surface area contributed by atoms with Crippen molar-refractivity contribution in [3.8, 4) is 11.5 Å². The van der Waals surface area contributed by atoms with Crippen molar-refractivity contribution in [3.63, 3.8) is 0 Å². The number of carbonyl (C=O) groups excluding carboxylic acids is 1. The first kappa shape index (κ1) is 20.2. The average molecular weight is 398 g/mol. The van der Waals surface area contributed by atoms with E-state index in [1.165, 1.54) is 12.1 Å². The highest BCUT2D eigenvalue weighted by atomic mass is 19.1. The van der Waals surface area contributed by atoms with E-state index in [2.05, 4.69) is 15.6 Å². The van der Waals surface area contributed by atoms with E-state index in [0.29, 0.717) is 11.6 Å². The maximum atomic E-state index is 13.6. The van der Waals surface area contributed by atoms with E-state index in [9.17, 15) is 9.18 Å². The average Bonchev–Trinajstić information content (AvgIpc) is 3.16. The molecule has 0 aliphatic heterocycles. The fourth-order valence-electron chi connectivity index (χ4n) is 2.91. The van der Waals surface area contributed by atoms with Crippen molar-refractivity contribution in [1.82, 2.24) is 20.2 Å². The molecule has 3 rings (SSSR count). The maximum Gasteiger partial charge on any atom is 0.315 e. The number of imidazole rings is 1. The molecule has 0 radical (unpaired) electrons. The van der Waals surface area contributed by atoms with Gasteiger partial charge in [0.15, 0.2) is 11.6 Å². The molecule has 1 aromatic heterocycles. The molecular formula is C21H23FN4O3. The van der Waals surface area contributed by atoms with E-state index >= 15 is 0 Å². The number of urea groups is 1. The van der Waals surface area contributed by atoms with Crippen LogP contribution in [0, 0.1) is 5.82 Å². The monoisotopic (exact) mass is 398 g/mol. The van der Waals surface area contributed by atoms with Gasteiger partial charge in [-0.25, -0.2) is 14.2 Å². The SMILES string of the molecule is COc1ccccc1C(NC(=O)NCCOc1ccccc1F)c1nccn1C. The Morgan fingerprint density at radius 3 is 2.59 bits per heavy atom. The van der Waals surface area contributed by atoms with E-state index in [-0.39, 0.29) is 18.9 Å². The number of para-hydroxylation sites is 2. The van der Waals surface area contributed by atoms with E-state index in [1.807, 2.05) is 35.9 Å². The second kappa shape index (κ2) is 9.59. The smallest absolute Gasteiger partial charge is 0.315 e. The van der Waals surface area contributed by atoms with Gasteiger partial charge in [-0.15, -0.1) is 0 Å². The molecule has 7 nitrogen and oxygen atoms in total. The third-order valence-electron chi connectivity index (χ3n) is 4.32. The second-order valence-corrected chi connectivity index (χ2v) is 6.25. The van der Waals surface area contributed by atoms with Gasteiger partial charge in [-0.3, -0.25) is 0 Å². The standard InChI is InChI=1S/C21H23FN4O3/c1-26-13-11-23-20(26)19(15-7-3-5-9-17(15)28-2)25-21(27)24-12-14-29-18-10-6-4-8-16(18)22/h3-11,13,19H,12,14H2,1-2H3,(H2,24,25,27). The molecule has 0 aliphatic rings. The van der Waals surface area contributed by atoms with Crippen LogP contribution >= 0.6 is 0 Å². The largest absolute Gasteiger partial charge is 0.496 e. The van der Waals surface area contributed by atoms with Gasteiger partial charge in [-0.1, -0.05) is 30.3 Å². The van der Waals surface area contributed by atoms with Gasteiger partial charge in [0, 0.05) is 25.0 Å². The molecule has 2 amide bonds. The molecule has 0 saturated carbocycles. The number of rotatable bonds is 8. The number of carbonyl (C=O) groups is 1. The third-order valence-corrected chi connectivity index (χ3v) is 4.32. The Labute approximate surface area is 168 Å². The van der Waals surface area contributed by atoms with Gasteiger partial charge >= 0.3 is 6.03 Å². The first-order valence-corrected chi connectivity index (χ1v) is 9.12. The molecule has 152 valence electrons. The van der Waals surface area contributed by atoms with E-state index < -0.39 is 17.9 Å². The predicted octanol–water partition coefficient (Wildman–Crippen LogP) is 3.04. The Balaban J connectivity index is 1.64. The lowest BCUT2D eigenvalue weighted by atomic mass is 10.0. The summed E-state index contributed by atoms with van der Waals surface area (Å²) in [5, 5.41) is 5.63. The molecule has 0 fully saturated rings.